The molecule has 0 saturated carbocycles. The van der Waals surface area contributed by atoms with Crippen molar-refractivity contribution >= 4 is 32.7 Å². The first kappa shape index (κ1) is 19.2. The van der Waals surface area contributed by atoms with Crippen molar-refractivity contribution < 1.29 is 13.2 Å². The van der Waals surface area contributed by atoms with Crippen LogP contribution in [0.3, 0.4) is 0 Å². The second kappa shape index (κ2) is 7.72. The molecule has 2 heterocycles. The quantitative estimate of drug-likeness (QED) is 0.770. The Bertz CT molecular complexity index is 1020. The van der Waals surface area contributed by atoms with Crippen molar-refractivity contribution in [2.24, 2.45) is 4.99 Å². The molecule has 2 aromatic rings. The van der Waals surface area contributed by atoms with Crippen molar-refractivity contribution in [3.63, 3.8) is 0 Å². The highest BCUT2D eigenvalue weighted by molar-refractivity contribution is 8.15. The van der Waals surface area contributed by atoms with E-state index >= 15 is 0 Å². The minimum absolute atomic E-state index is 0.0563. The molecule has 0 bridgehead atoms. The molecule has 0 aromatic heterocycles. The molecular weight excluding hydrogens is 392 g/mol. The van der Waals surface area contributed by atoms with Gasteiger partial charge in [0.25, 0.3) is 5.91 Å². The van der Waals surface area contributed by atoms with Crippen LogP contribution in [-0.4, -0.2) is 47.2 Å². The van der Waals surface area contributed by atoms with Gasteiger partial charge in [0.1, 0.15) is 0 Å². The van der Waals surface area contributed by atoms with Gasteiger partial charge in [-0.2, -0.15) is 4.99 Å². The molecular formula is C21H22N2O3S2. The number of carbonyl (C=O) groups excluding carboxylic acids is 1. The summed E-state index contributed by atoms with van der Waals surface area (Å²) in [6, 6.07) is 17.6. The van der Waals surface area contributed by atoms with Gasteiger partial charge in [-0.25, -0.2) is 8.42 Å². The maximum atomic E-state index is 12.6. The average molecular weight is 415 g/mol. The number of nitrogens with zero attached hydrogens (tertiary/aromatic N) is 2. The minimum atomic E-state index is -3.04. The minimum Gasteiger partial charge on any atom is -0.342 e. The summed E-state index contributed by atoms with van der Waals surface area (Å²) < 4.78 is 24.2. The topological polar surface area (TPSA) is 66.8 Å². The van der Waals surface area contributed by atoms with Crippen molar-refractivity contribution in [2.45, 2.75) is 31.2 Å². The third kappa shape index (κ3) is 4.31. The molecule has 0 radical (unpaired) electrons. The van der Waals surface area contributed by atoms with E-state index in [-0.39, 0.29) is 35.1 Å². The highest BCUT2D eigenvalue weighted by atomic mass is 32.2. The number of hydrogen-bond donors (Lipinski definition) is 0. The number of aryl methyl sites for hydroxylation is 1. The Kier molecular flexibility index (Phi) is 5.29. The van der Waals surface area contributed by atoms with Crippen molar-refractivity contribution in [2.75, 3.05) is 11.5 Å². The van der Waals surface area contributed by atoms with Gasteiger partial charge in [-0.05, 0) is 18.1 Å². The summed E-state index contributed by atoms with van der Waals surface area (Å²) in [5, 5.41) is 0.589. The lowest BCUT2D eigenvalue weighted by Crippen LogP contribution is -2.37. The zero-order valence-electron chi connectivity index (χ0n) is 15.6. The molecule has 2 fully saturated rings. The van der Waals surface area contributed by atoms with E-state index in [1.54, 1.807) is 0 Å². The fourth-order valence-corrected chi connectivity index (χ4v) is 7.71. The van der Waals surface area contributed by atoms with Gasteiger partial charge in [0.15, 0.2) is 15.0 Å². The number of amidine groups is 1. The summed E-state index contributed by atoms with van der Waals surface area (Å²) in [5.74, 6) is 0.0791. The van der Waals surface area contributed by atoms with Crippen LogP contribution in [0.2, 0.25) is 0 Å². The maximum absolute atomic E-state index is 12.6. The summed E-state index contributed by atoms with van der Waals surface area (Å²) in [5.41, 5.74) is 3.13. The van der Waals surface area contributed by atoms with Gasteiger partial charge in [-0.15, -0.1) is 0 Å². The summed E-state index contributed by atoms with van der Waals surface area (Å²) >= 11 is 1.43. The van der Waals surface area contributed by atoms with Crippen LogP contribution in [0.4, 0.5) is 0 Å². The molecule has 2 atom stereocenters. The summed E-state index contributed by atoms with van der Waals surface area (Å²) in [7, 11) is -3.04. The Labute approximate surface area is 169 Å². The first-order chi connectivity index (χ1) is 13.4. The fraction of sp³-hybridized carbons (Fsp3) is 0.333. The van der Waals surface area contributed by atoms with Crippen LogP contribution in [0.15, 0.2) is 59.6 Å². The maximum Gasteiger partial charge on any atom is 0.252 e. The number of hydrogen-bond acceptors (Lipinski definition) is 4. The molecule has 0 N–H and O–H groups in total. The average Bonchev–Trinajstić information content (AvgIpc) is 3.08. The lowest BCUT2D eigenvalue weighted by atomic mass is 10.1. The van der Waals surface area contributed by atoms with E-state index in [9.17, 15) is 13.2 Å². The number of aliphatic imine (C=N–C) groups is 1. The van der Waals surface area contributed by atoms with E-state index in [2.05, 4.69) is 4.99 Å². The van der Waals surface area contributed by atoms with Crippen molar-refractivity contribution in [3.05, 3.63) is 71.3 Å². The largest absolute Gasteiger partial charge is 0.342 e. The monoisotopic (exact) mass is 414 g/mol. The Morgan fingerprint density at radius 1 is 1.11 bits per heavy atom. The van der Waals surface area contributed by atoms with Crippen LogP contribution >= 0.6 is 11.8 Å². The number of rotatable bonds is 4. The number of fused-ring (bicyclic) bond motifs is 1. The van der Waals surface area contributed by atoms with Gasteiger partial charge in [0.2, 0.25) is 0 Å². The van der Waals surface area contributed by atoms with Gasteiger partial charge in [0, 0.05) is 11.8 Å². The Balaban J connectivity index is 1.57. The molecule has 1 amide bonds. The molecule has 28 heavy (non-hydrogen) atoms. The van der Waals surface area contributed by atoms with Gasteiger partial charge in [-0.1, -0.05) is 71.9 Å². The van der Waals surface area contributed by atoms with E-state index in [0.717, 1.165) is 16.7 Å². The van der Waals surface area contributed by atoms with E-state index in [0.29, 0.717) is 11.7 Å². The van der Waals surface area contributed by atoms with Gasteiger partial charge in [-0.3, -0.25) is 4.79 Å². The lowest BCUT2D eigenvalue weighted by molar-refractivity contribution is -0.117. The van der Waals surface area contributed by atoms with E-state index < -0.39 is 9.84 Å². The zero-order valence-corrected chi connectivity index (χ0v) is 17.2. The second-order valence-corrected chi connectivity index (χ2v) is 10.7. The highest BCUT2D eigenvalue weighted by Gasteiger charge is 2.48. The molecule has 2 aliphatic rings. The molecule has 2 aliphatic heterocycles. The third-order valence-corrected chi connectivity index (χ3v) is 8.28. The van der Waals surface area contributed by atoms with Crippen molar-refractivity contribution in [3.8, 4) is 0 Å². The predicted molar refractivity (Wildman–Crippen MR) is 113 cm³/mol. The summed E-state index contributed by atoms with van der Waals surface area (Å²) in [4.78, 5) is 19.0. The summed E-state index contributed by atoms with van der Waals surface area (Å²) in [6.45, 7) is 2.55. The predicted octanol–water partition coefficient (Wildman–Crippen LogP) is 2.83. The molecule has 0 unspecified atom stereocenters. The molecule has 4 rings (SSSR count). The van der Waals surface area contributed by atoms with Crippen LogP contribution in [0.5, 0.6) is 0 Å². The molecule has 146 valence electrons. The number of benzene rings is 2. The standard InChI is InChI=1S/C21H22N2O3S2/c1-15-6-5-9-17(10-15)11-20(24)22-21-23(12-16-7-3-2-4-8-16)18-13-28(25,26)14-19(18)27-21/h2-10,18-19H,11-14H2,1H3/t18-,19-/m1/s1. The molecule has 0 spiro atoms. The van der Waals surface area contributed by atoms with Crippen molar-refractivity contribution in [1.82, 2.24) is 4.90 Å². The van der Waals surface area contributed by atoms with Crippen LogP contribution < -0.4 is 0 Å². The first-order valence-corrected chi connectivity index (χ1v) is 11.9. The molecule has 2 saturated heterocycles. The fourth-order valence-electron chi connectivity index (χ4n) is 3.74. The number of amides is 1. The Hall–Kier alpha value is -2.12. The van der Waals surface area contributed by atoms with E-state index in [1.165, 1.54) is 11.8 Å². The SMILES string of the molecule is Cc1cccc(CC(=O)N=C2S[C@@H]3CS(=O)(=O)C[C@H]3N2Cc2ccccc2)c1. The highest BCUT2D eigenvalue weighted by Crippen LogP contribution is 2.39. The van der Waals surface area contributed by atoms with Gasteiger partial charge in [0.05, 0.1) is 24.0 Å². The van der Waals surface area contributed by atoms with E-state index in [1.807, 2.05) is 66.4 Å². The second-order valence-electron chi connectivity index (χ2n) is 7.37. The Morgan fingerprint density at radius 3 is 2.61 bits per heavy atom. The van der Waals surface area contributed by atoms with E-state index in [4.69, 9.17) is 0 Å². The van der Waals surface area contributed by atoms with Crippen molar-refractivity contribution in [1.29, 1.82) is 0 Å². The molecule has 7 heteroatoms. The van der Waals surface area contributed by atoms with Crippen LogP contribution in [0.25, 0.3) is 0 Å². The summed E-state index contributed by atoms with van der Waals surface area (Å²) in [6.07, 6.45) is 0.249. The van der Waals surface area contributed by atoms with Crippen LogP contribution in [0.1, 0.15) is 16.7 Å². The normalized spacial score (nSPS) is 24.5. The van der Waals surface area contributed by atoms with Crippen LogP contribution in [0, 0.1) is 6.92 Å². The number of carbonyl (C=O) groups is 1. The molecule has 5 nitrogen and oxygen atoms in total. The van der Waals surface area contributed by atoms with Gasteiger partial charge >= 0.3 is 0 Å². The first-order valence-electron chi connectivity index (χ1n) is 9.24. The number of thioether (sulfide) groups is 1. The molecule has 2 aromatic carbocycles. The molecule has 0 aliphatic carbocycles. The van der Waals surface area contributed by atoms with Gasteiger partial charge < -0.3 is 4.90 Å². The lowest BCUT2D eigenvalue weighted by Gasteiger charge is -2.24. The van der Waals surface area contributed by atoms with Crippen LogP contribution in [-0.2, 0) is 27.6 Å². The Morgan fingerprint density at radius 2 is 1.86 bits per heavy atom. The third-order valence-electron chi connectivity index (χ3n) is 5.03. The zero-order chi connectivity index (χ0) is 19.7. The smallest absolute Gasteiger partial charge is 0.252 e. The number of sulfone groups is 1.